The number of aromatic hydroxyl groups is 1. The van der Waals surface area contributed by atoms with Crippen LogP contribution in [0.15, 0.2) is 21.3 Å². The number of phenols is 1. The number of hydrogen-bond acceptors (Lipinski definition) is 5. The number of fused-ring (bicyclic) bond motifs is 3. The molecule has 0 fully saturated rings. The Hall–Kier alpha value is -2.17. The summed E-state index contributed by atoms with van der Waals surface area (Å²) in [6, 6.07) is 3.61. The lowest BCUT2D eigenvalue weighted by atomic mass is 9.96. The van der Waals surface area contributed by atoms with Crippen molar-refractivity contribution in [3.8, 4) is 11.5 Å². The van der Waals surface area contributed by atoms with Crippen molar-refractivity contribution in [1.29, 1.82) is 0 Å². The highest BCUT2D eigenvalue weighted by Crippen LogP contribution is 2.39. The molecule has 5 heteroatoms. The van der Waals surface area contributed by atoms with E-state index >= 15 is 0 Å². The molecule has 0 saturated carbocycles. The fourth-order valence-electron chi connectivity index (χ4n) is 3.24. The maximum atomic E-state index is 12.3. The van der Waals surface area contributed by atoms with Gasteiger partial charge >= 0.3 is 5.63 Å². The third kappa shape index (κ3) is 3.21. The van der Waals surface area contributed by atoms with Crippen molar-refractivity contribution in [2.75, 3.05) is 11.9 Å². The van der Waals surface area contributed by atoms with Gasteiger partial charge in [0.1, 0.15) is 17.1 Å². The number of unbranched alkanes of at least 4 members (excludes halogenated alkanes) is 2. The van der Waals surface area contributed by atoms with Crippen LogP contribution >= 0.6 is 0 Å². The van der Waals surface area contributed by atoms with E-state index in [9.17, 15) is 9.90 Å². The number of anilines is 1. The molecule has 1 aliphatic heterocycles. The molecule has 1 unspecified atom stereocenters. The Labute approximate surface area is 141 Å². The highest BCUT2D eigenvalue weighted by molar-refractivity contribution is 5.97. The minimum Gasteiger partial charge on any atom is -0.507 e. The molecule has 3 rings (SSSR count). The van der Waals surface area contributed by atoms with Gasteiger partial charge in [0.25, 0.3) is 0 Å². The van der Waals surface area contributed by atoms with Gasteiger partial charge in [-0.2, -0.15) is 0 Å². The van der Waals surface area contributed by atoms with Crippen molar-refractivity contribution in [1.82, 2.24) is 0 Å². The van der Waals surface area contributed by atoms with E-state index in [2.05, 4.69) is 19.2 Å². The van der Waals surface area contributed by atoms with Crippen molar-refractivity contribution in [3.05, 3.63) is 28.1 Å². The molecule has 2 heterocycles. The molecule has 1 aromatic heterocycles. The van der Waals surface area contributed by atoms with Crippen molar-refractivity contribution in [3.63, 3.8) is 0 Å². The van der Waals surface area contributed by atoms with E-state index in [-0.39, 0.29) is 11.4 Å². The molecule has 0 spiro atoms. The van der Waals surface area contributed by atoms with Crippen LogP contribution < -0.4 is 15.7 Å². The first-order valence-electron chi connectivity index (χ1n) is 8.86. The lowest BCUT2D eigenvalue weighted by Gasteiger charge is -2.26. The predicted octanol–water partition coefficient (Wildman–Crippen LogP) is 4.20. The highest BCUT2D eigenvalue weighted by Gasteiger charge is 2.24. The molecule has 1 aliphatic rings. The van der Waals surface area contributed by atoms with Crippen LogP contribution in [0.4, 0.5) is 5.69 Å². The van der Waals surface area contributed by atoms with Gasteiger partial charge in [0.05, 0.1) is 23.2 Å². The van der Waals surface area contributed by atoms with E-state index in [1.807, 2.05) is 0 Å². The van der Waals surface area contributed by atoms with Crippen LogP contribution in [0.3, 0.4) is 0 Å². The third-order valence-corrected chi connectivity index (χ3v) is 4.66. The molecular formula is C19H25NO4. The lowest BCUT2D eigenvalue weighted by Crippen LogP contribution is -2.28. The zero-order valence-corrected chi connectivity index (χ0v) is 14.4. The number of phenolic OH excluding ortho intramolecular Hbond substituents is 1. The summed E-state index contributed by atoms with van der Waals surface area (Å²) in [5, 5.41) is 14.4. The van der Waals surface area contributed by atoms with Crippen molar-refractivity contribution in [2.24, 2.45) is 0 Å². The van der Waals surface area contributed by atoms with Gasteiger partial charge in [0.15, 0.2) is 0 Å². The van der Waals surface area contributed by atoms with E-state index in [4.69, 9.17) is 9.15 Å². The van der Waals surface area contributed by atoms with Gasteiger partial charge in [-0.1, -0.05) is 26.7 Å². The van der Waals surface area contributed by atoms with Crippen LogP contribution in [0.5, 0.6) is 11.5 Å². The Balaban J connectivity index is 1.99. The maximum Gasteiger partial charge on any atom is 0.341 e. The fourth-order valence-corrected chi connectivity index (χ4v) is 3.24. The second kappa shape index (κ2) is 7.16. The molecule has 0 aliphatic carbocycles. The van der Waals surface area contributed by atoms with Gasteiger partial charge in [-0.05, 0) is 25.7 Å². The number of hydrogen-bond donors (Lipinski definition) is 2. The van der Waals surface area contributed by atoms with E-state index in [1.165, 1.54) is 0 Å². The van der Waals surface area contributed by atoms with Crippen LogP contribution in [-0.4, -0.2) is 17.8 Å². The summed E-state index contributed by atoms with van der Waals surface area (Å²) in [5.41, 5.74) is 1.38. The Morgan fingerprint density at radius 1 is 1.33 bits per heavy atom. The van der Waals surface area contributed by atoms with E-state index in [1.54, 1.807) is 12.1 Å². The SMILES string of the molecule is CCCCCOc1cc(O)c2c3c(c(=O)oc2c1)CCC(CC)N3. The minimum absolute atomic E-state index is 0.0854. The highest BCUT2D eigenvalue weighted by atomic mass is 16.5. The Kier molecular flexibility index (Phi) is 4.97. The first-order valence-corrected chi connectivity index (χ1v) is 8.86. The number of nitrogens with one attached hydrogen (secondary N) is 1. The molecule has 0 amide bonds. The zero-order chi connectivity index (χ0) is 17.1. The molecule has 1 atom stereocenters. The quantitative estimate of drug-likeness (QED) is 0.613. The fraction of sp³-hybridized carbons (Fsp3) is 0.526. The monoisotopic (exact) mass is 331 g/mol. The van der Waals surface area contributed by atoms with Crippen molar-refractivity contribution >= 4 is 16.7 Å². The Bertz CT molecular complexity index is 781. The number of rotatable bonds is 6. The van der Waals surface area contributed by atoms with Gasteiger partial charge in [-0.15, -0.1) is 0 Å². The summed E-state index contributed by atoms with van der Waals surface area (Å²) in [6.45, 7) is 4.83. The van der Waals surface area contributed by atoms with E-state index in [0.29, 0.717) is 41.4 Å². The third-order valence-electron chi connectivity index (χ3n) is 4.66. The zero-order valence-electron chi connectivity index (χ0n) is 14.4. The number of ether oxygens (including phenoxy) is 1. The summed E-state index contributed by atoms with van der Waals surface area (Å²) >= 11 is 0. The summed E-state index contributed by atoms with van der Waals surface area (Å²) in [7, 11) is 0. The molecule has 0 saturated heterocycles. The van der Waals surface area contributed by atoms with Gasteiger partial charge < -0.3 is 19.6 Å². The summed E-state index contributed by atoms with van der Waals surface area (Å²) < 4.78 is 11.1. The molecule has 2 N–H and O–H groups in total. The first-order chi connectivity index (χ1) is 11.6. The average Bonchev–Trinajstić information content (AvgIpc) is 2.58. The van der Waals surface area contributed by atoms with Crippen LogP contribution in [0.25, 0.3) is 11.0 Å². The standard InChI is InChI=1S/C19H25NO4/c1-3-5-6-9-23-13-10-15(21)17-16(11-13)24-19(22)14-8-7-12(4-2)20-18(14)17/h10-12,20-21H,3-9H2,1-2H3. The van der Waals surface area contributed by atoms with Crippen LogP contribution in [0.1, 0.15) is 51.5 Å². The second-order valence-corrected chi connectivity index (χ2v) is 6.40. The molecule has 130 valence electrons. The number of benzene rings is 1. The maximum absolute atomic E-state index is 12.3. The topological polar surface area (TPSA) is 71.7 Å². The normalized spacial score (nSPS) is 16.7. The van der Waals surface area contributed by atoms with Crippen molar-refractivity contribution in [2.45, 2.75) is 58.4 Å². The van der Waals surface area contributed by atoms with Crippen molar-refractivity contribution < 1.29 is 14.3 Å². The van der Waals surface area contributed by atoms with E-state index in [0.717, 1.165) is 37.8 Å². The summed E-state index contributed by atoms with van der Waals surface area (Å²) in [6.07, 6.45) is 5.73. The molecule has 0 radical (unpaired) electrons. The second-order valence-electron chi connectivity index (χ2n) is 6.40. The summed E-state index contributed by atoms with van der Waals surface area (Å²) in [5.74, 6) is 0.615. The smallest absolute Gasteiger partial charge is 0.341 e. The predicted molar refractivity (Wildman–Crippen MR) is 95.2 cm³/mol. The van der Waals surface area contributed by atoms with E-state index < -0.39 is 0 Å². The summed E-state index contributed by atoms with van der Waals surface area (Å²) in [4.78, 5) is 12.3. The Morgan fingerprint density at radius 3 is 2.92 bits per heavy atom. The minimum atomic E-state index is -0.331. The molecule has 1 aromatic carbocycles. The van der Waals surface area contributed by atoms with Crippen LogP contribution in [0.2, 0.25) is 0 Å². The van der Waals surface area contributed by atoms with Gasteiger partial charge in [-0.25, -0.2) is 4.79 Å². The van der Waals surface area contributed by atoms with Crippen LogP contribution in [0, 0.1) is 0 Å². The van der Waals surface area contributed by atoms with Gasteiger partial charge in [0.2, 0.25) is 0 Å². The Morgan fingerprint density at radius 2 is 2.17 bits per heavy atom. The van der Waals surface area contributed by atoms with Gasteiger partial charge in [-0.3, -0.25) is 0 Å². The molecule has 24 heavy (non-hydrogen) atoms. The first kappa shape index (κ1) is 16.7. The van der Waals surface area contributed by atoms with Crippen LogP contribution in [-0.2, 0) is 6.42 Å². The largest absolute Gasteiger partial charge is 0.507 e. The molecular weight excluding hydrogens is 306 g/mol. The molecule has 5 nitrogen and oxygen atoms in total. The molecule has 0 bridgehead atoms. The molecule has 2 aromatic rings. The average molecular weight is 331 g/mol. The van der Waals surface area contributed by atoms with Gasteiger partial charge in [0, 0.05) is 18.2 Å². The lowest BCUT2D eigenvalue weighted by molar-refractivity contribution is 0.304.